The van der Waals surface area contributed by atoms with Gasteiger partial charge in [-0.2, -0.15) is 0 Å². The van der Waals surface area contributed by atoms with E-state index in [1.807, 2.05) is 19.1 Å². The van der Waals surface area contributed by atoms with E-state index in [4.69, 9.17) is 16.2 Å². The minimum absolute atomic E-state index is 0.186. The van der Waals surface area contributed by atoms with E-state index < -0.39 is 0 Å². The number of rotatable bonds is 2. The van der Waals surface area contributed by atoms with Crippen molar-refractivity contribution in [2.24, 2.45) is 5.73 Å². The predicted molar refractivity (Wildman–Crippen MR) is 82.0 cm³/mol. The number of para-hydroxylation sites is 1. The van der Waals surface area contributed by atoms with E-state index in [1.165, 1.54) is 6.07 Å². The van der Waals surface area contributed by atoms with Crippen LogP contribution in [0.5, 0.6) is 11.5 Å². The highest BCUT2D eigenvalue weighted by molar-refractivity contribution is 5.99. The van der Waals surface area contributed by atoms with E-state index in [0.717, 1.165) is 5.56 Å². The first kappa shape index (κ1) is 16.2. The standard InChI is InChI=1S/C8H9NO2.C8H9NO/c1-5(9)6-3-2-4-7(10)8(6)11;1-6-4-2-3-5-7(6)8(9)10/h2-4,9-11H,1H3;2-5H,1H3,(H2,9,10). The molecule has 0 fully saturated rings. The molecule has 5 heteroatoms. The van der Waals surface area contributed by atoms with Gasteiger partial charge in [-0.1, -0.05) is 24.3 Å². The zero-order valence-electron chi connectivity index (χ0n) is 11.9. The summed E-state index contributed by atoms with van der Waals surface area (Å²) in [6.07, 6.45) is 0. The Kier molecular flexibility index (Phi) is 5.48. The number of nitrogens with one attached hydrogen (secondary N) is 1. The van der Waals surface area contributed by atoms with E-state index in [0.29, 0.717) is 11.1 Å². The molecule has 1 amide bonds. The van der Waals surface area contributed by atoms with Gasteiger partial charge in [0.05, 0.1) is 0 Å². The Bertz CT molecular complexity index is 666. The van der Waals surface area contributed by atoms with Crippen LogP contribution >= 0.6 is 0 Å². The maximum absolute atomic E-state index is 10.6. The topological polar surface area (TPSA) is 107 Å². The number of benzene rings is 2. The van der Waals surface area contributed by atoms with Gasteiger partial charge in [0.15, 0.2) is 11.5 Å². The van der Waals surface area contributed by atoms with Gasteiger partial charge in [-0.15, -0.1) is 0 Å². The van der Waals surface area contributed by atoms with Crippen LogP contribution in [-0.2, 0) is 0 Å². The molecule has 0 aliphatic carbocycles. The minimum atomic E-state index is -0.363. The van der Waals surface area contributed by atoms with Gasteiger partial charge in [-0.05, 0) is 37.6 Å². The van der Waals surface area contributed by atoms with Crippen molar-refractivity contribution >= 4 is 11.6 Å². The number of primary amides is 1. The molecule has 0 bridgehead atoms. The number of hydrogen-bond acceptors (Lipinski definition) is 4. The van der Waals surface area contributed by atoms with Crippen LogP contribution in [0.1, 0.15) is 28.4 Å². The molecule has 0 spiro atoms. The lowest BCUT2D eigenvalue weighted by Gasteiger charge is -2.02. The maximum Gasteiger partial charge on any atom is 0.248 e. The molecule has 0 aliphatic heterocycles. The highest BCUT2D eigenvalue weighted by atomic mass is 16.3. The number of nitrogens with two attached hydrogens (primary N) is 1. The van der Waals surface area contributed by atoms with Crippen molar-refractivity contribution in [3.8, 4) is 11.5 Å². The van der Waals surface area contributed by atoms with E-state index in [1.54, 1.807) is 31.2 Å². The van der Waals surface area contributed by atoms with Crippen LogP contribution in [0.25, 0.3) is 0 Å². The molecule has 110 valence electrons. The average molecular weight is 286 g/mol. The summed E-state index contributed by atoms with van der Waals surface area (Å²) < 4.78 is 0. The van der Waals surface area contributed by atoms with E-state index in [9.17, 15) is 9.90 Å². The Balaban J connectivity index is 0.000000211. The van der Waals surface area contributed by atoms with Crippen LogP contribution < -0.4 is 5.73 Å². The van der Waals surface area contributed by atoms with Crippen molar-refractivity contribution in [3.05, 3.63) is 59.2 Å². The Morgan fingerprint density at radius 3 is 2.05 bits per heavy atom. The van der Waals surface area contributed by atoms with Gasteiger partial charge in [-0.25, -0.2) is 0 Å². The molecule has 2 rings (SSSR count). The molecule has 0 aliphatic rings. The first-order chi connectivity index (χ1) is 9.84. The van der Waals surface area contributed by atoms with Gasteiger partial charge in [0.1, 0.15) is 0 Å². The number of carbonyl (C=O) groups is 1. The average Bonchev–Trinajstić information content (AvgIpc) is 2.42. The van der Waals surface area contributed by atoms with Crippen LogP contribution in [0.4, 0.5) is 0 Å². The first-order valence-corrected chi connectivity index (χ1v) is 6.26. The van der Waals surface area contributed by atoms with Crippen molar-refractivity contribution in [2.45, 2.75) is 13.8 Å². The molecule has 5 N–H and O–H groups in total. The fraction of sp³-hybridized carbons (Fsp3) is 0.125. The molecule has 2 aromatic carbocycles. The largest absolute Gasteiger partial charge is 0.504 e. The molecule has 0 heterocycles. The van der Waals surface area contributed by atoms with Gasteiger partial charge in [-0.3, -0.25) is 4.79 Å². The lowest BCUT2D eigenvalue weighted by molar-refractivity contribution is 0.0999. The third-order valence-electron chi connectivity index (χ3n) is 2.83. The van der Waals surface area contributed by atoms with Crippen molar-refractivity contribution in [1.82, 2.24) is 0 Å². The van der Waals surface area contributed by atoms with Gasteiger partial charge in [0.2, 0.25) is 5.91 Å². The summed E-state index contributed by atoms with van der Waals surface area (Å²) in [5.74, 6) is -0.771. The van der Waals surface area contributed by atoms with Crippen molar-refractivity contribution < 1.29 is 15.0 Å². The molecule has 0 saturated carbocycles. The van der Waals surface area contributed by atoms with E-state index in [2.05, 4.69) is 0 Å². The summed E-state index contributed by atoms with van der Waals surface area (Å²) >= 11 is 0. The Hall–Kier alpha value is -2.82. The Morgan fingerprint density at radius 2 is 1.62 bits per heavy atom. The Morgan fingerprint density at radius 1 is 1.05 bits per heavy atom. The number of aromatic hydroxyl groups is 2. The molecule has 0 unspecified atom stereocenters. The monoisotopic (exact) mass is 286 g/mol. The first-order valence-electron chi connectivity index (χ1n) is 6.26. The fourth-order valence-electron chi connectivity index (χ4n) is 1.68. The number of aryl methyl sites for hydroxylation is 1. The van der Waals surface area contributed by atoms with E-state index in [-0.39, 0.29) is 23.1 Å². The second-order valence-corrected chi connectivity index (χ2v) is 4.48. The van der Waals surface area contributed by atoms with Crippen LogP contribution in [0.2, 0.25) is 0 Å². The summed E-state index contributed by atoms with van der Waals surface area (Å²) in [6.45, 7) is 3.41. The summed E-state index contributed by atoms with van der Waals surface area (Å²) in [4.78, 5) is 10.6. The number of carbonyl (C=O) groups excluding carboxylic acids is 1. The van der Waals surface area contributed by atoms with Crippen LogP contribution in [-0.4, -0.2) is 21.8 Å². The number of amides is 1. The molecule has 0 radical (unpaired) electrons. The maximum atomic E-state index is 10.6. The molecule has 0 saturated heterocycles. The van der Waals surface area contributed by atoms with Crippen LogP contribution in [0.15, 0.2) is 42.5 Å². The number of phenolic OH excluding ortho intramolecular Hbond substituents is 2. The van der Waals surface area contributed by atoms with Gasteiger partial charge < -0.3 is 21.4 Å². The fourth-order valence-corrected chi connectivity index (χ4v) is 1.68. The summed E-state index contributed by atoms with van der Waals surface area (Å²) in [7, 11) is 0. The second kappa shape index (κ2) is 7.09. The third-order valence-corrected chi connectivity index (χ3v) is 2.83. The lowest BCUT2D eigenvalue weighted by atomic mass is 10.1. The molecule has 21 heavy (non-hydrogen) atoms. The smallest absolute Gasteiger partial charge is 0.248 e. The summed E-state index contributed by atoms with van der Waals surface area (Å²) in [5, 5.41) is 25.4. The second-order valence-electron chi connectivity index (χ2n) is 4.48. The van der Waals surface area contributed by atoms with Crippen LogP contribution in [0.3, 0.4) is 0 Å². The Labute approximate surface area is 123 Å². The molecule has 0 aromatic heterocycles. The zero-order valence-corrected chi connectivity index (χ0v) is 11.9. The van der Waals surface area contributed by atoms with Crippen molar-refractivity contribution in [1.29, 1.82) is 5.41 Å². The van der Waals surface area contributed by atoms with Gasteiger partial charge >= 0.3 is 0 Å². The highest BCUT2D eigenvalue weighted by Gasteiger charge is 2.05. The molecular weight excluding hydrogens is 268 g/mol. The van der Waals surface area contributed by atoms with Crippen molar-refractivity contribution in [2.75, 3.05) is 0 Å². The third kappa shape index (κ3) is 4.35. The summed E-state index contributed by atoms with van der Waals surface area (Å²) in [5.41, 5.74) is 7.20. The molecule has 5 nitrogen and oxygen atoms in total. The van der Waals surface area contributed by atoms with Crippen LogP contribution in [0, 0.1) is 12.3 Å². The SMILES string of the molecule is CC(=N)c1cccc(O)c1O.Cc1ccccc1C(N)=O. The molecular formula is C16H18N2O3. The van der Waals surface area contributed by atoms with E-state index >= 15 is 0 Å². The zero-order chi connectivity index (χ0) is 16.0. The summed E-state index contributed by atoms with van der Waals surface area (Å²) in [6, 6.07) is 11.8. The molecule has 0 atom stereocenters. The quantitative estimate of drug-likeness (QED) is 0.503. The number of hydrogen-bond donors (Lipinski definition) is 4. The minimum Gasteiger partial charge on any atom is -0.504 e. The molecule has 2 aromatic rings. The predicted octanol–water partition coefficient (Wildman–Crippen LogP) is 2.58. The van der Waals surface area contributed by atoms with Crippen molar-refractivity contribution in [3.63, 3.8) is 0 Å². The number of phenols is 2. The van der Waals surface area contributed by atoms with Gasteiger partial charge in [0, 0.05) is 16.8 Å². The van der Waals surface area contributed by atoms with Gasteiger partial charge in [0.25, 0.3) is 0 Å². The lowest BCUT2D eigenvalue weighted by Crippen LogP contribution is -2.12. The highest BCUT2D eigenvalue weighted by Crippen LogP contribution is 2.27. The normalized spacial score (nSPS) is 9.43.